The first-order chi connectivity index (χ1) is 10.3. The highest BCUT2D eigenvalue weighted by Gasteiger charge is 2.13. The van der Waals surface area contributed by atoms with Gasteiger partial charge in [-0.15, -0.1) is 11.6 Å². The van der Waals surface area contributed by atoms with Gasteiger partial charge in [0.25, 0.3) is 0 Å². The predicted molar refractivity (Wildman–Crippen MR) is 82.2 cm³/mol. The first-order valence-electron chi connectivity index (χ1n) is 6.66. The molecule has 3 rings (SSSR count). The first-order valence-corrected chi connectivity index (χ1v) is 7.20. The molecular formula is C16H13ClN4. The van der Waals surface area contributed by atoms with Gasteiger partial charge in [-0.25, -0.2) is 4.98 Å². The van der Waals surface area contributed by atoms with Crippen molar-refractivity contribution in [2.75, 3.05) is 5.88 Å². The highest BCUT2D eigenvalue weighted by Crippen LogP contribution is 2.21. The number of hydrogen-bond donors (Lipinski definition) is 0. The van der Waals surface area contributed by atoms with Gasteiger partial charge in [0.1, 0.15) is 17.4 Å². The molecule has 0 aliphatic rings. The van der Waals surface area contributed by atoms with Gasteiger partial charge in [0.2, 0.25) is 0 Å². The summed E-state index contributed by atoms with van der Waals surface area (Å²) in [5.41, 5.74) is 3.38. The van der Waals surface area contributed by atoms with Crippen molar-refractivity contribution >= 4 is 22.6 Å². The van der Waals surface area contributed by atoms with Crippen LogP contribution in [-0.2, 0) is 13.0 Å². The molecule has 2 aromatic heterocycles. The van der Waals surface area contributed by atoms with E-state index in [1.54, 1.807) is 12.3 Å². The predicted octanol–water partition coefficient (Wildman–Crippen LogP) is 3.13. The summed E-state index contributed by atoms with van der Waals surface area (Å²) in [6.07, 6.45) is 4.26. The maximum absolute atomic E-state index is 9.22. The van der Waals surface area contributed by atoms with Gasteiger partial charge in [-0.3, -0.25) is 4.98 Å². The third-order valence-electron chi connectivity index (χ3n) is 3.36. The third kappa shape index (κ3) is 2.61. The first kappa shape index (κ1) is 13.6. The number of alkyl halides is 1. The summed E-state index contributed by atoms with van der Waals surface area (Å²) < 4.78 is 2.11. The van der Waals surface area contributed by atoms with Crippen molar-refractivity contribution in [2.45, 2.75) is 13.0 Å². The van der Waals surface area contributed by atoms with Crippen LogP contribution in [0.4, 0.5) is 0 Å². The summed E-state index contributed by atoms with van der Waals surface area (Å²) in [5, 5.41) is 9.22. The zero-order chi connectivity index (χ0) is 14.7. The molecule has 104 valence electrons. The molecule has 0 saturated carbocycles. The second-order valence-corrected chi connectivity index (χ2v) is 5.08. The van der Waals surface area contributed by atoms with Gasteiger partial charge in [0.15, 0.2) is 0 Å². The number of pyridine rings is 1. The molecule has 21 heavy (non-hydrogen) atoms. The smallest absolute Gasteiger partial charge is 0.111 e. The molecule has 3 aromatic rings. The van der Waals surface area contributed by atoms with Crippen LogP contribution >= 0.6 is 11.6 Å². The molecule has 0 atom stereocenters. The zero-order valence-electron chi connectivity index (χ0n) is 11.3. The molecule has 0 radical (unpaired) electrons. The molecule has 0 N–H and O–H groups in total. The molecule has 0 unspecified atom stereocenters. The number of fused-ring (bicyclic) bond motifs is 1. The third-order valence-corrected chi connectivity index (χ3v) is 3.55. The Balaban J connectivity index is 2.15. The minimum absolute atomic E-state index is 0.498. The van der Waals surface area contributed by atoms with Gasteiger partial charge in [-0.1, -0.05) is 12.1 Å². The lowest BCUT2D eigenvalue weighted by molar-refractivity contribution is 0.752. The molecule has 0 spiro atoms. The van der Waals surface area contributed by atoms with Gasteiger partial charge >= 0.3 is 0 Å². The van der Waals surface area contributed by atoms with E-state index in [0.29, 0.717) is 24.4 Å². The Labute approximate surface area is 127 Å². The quantitative estimate of drug-likeness (QED) is 0.695. The maximum atomic E-state index is 9.22. The second-order valence-electron chi connectivity index (χ2n) is 4.70. The SMILES string of the molecule is N#Cc1cccc2c1nc(CCCl)n2Cc1cccnc1. The fourth-order valence-corrected chi connectivity index (χ4v) is 2.58. The number of nitrogens with zero attached hydrogens (tertiary/aromatic N) is 4. The van der Waals surface area contributed by atoms with Crippen LogP contribution in [-0.4, -0.2) is 20.4 Å². The van der Waals surface area contributed by atoms with E-state index < -0.39 is 0 Å². The van der Waals surface area contributed by atoms with E-state index in [4.69, 9.17) is 11.6 Å². The summed E-state index contributed by atoms with van der Waals surface area (Å²) in [7, 11) is 0. The maximum Gasteiger partial charge on any atom is 0.111 e. The van der Waals surface area contributed by atoms with Crippen molar-refractivity contribution in [1.29, 1.82) is 5.26 Å². The van der Waals surface area contributed by atoms with E-state index >= 15 is 0 Å². The van der Waals surface area contributed by atoms with Gasteiger partial charge in [-0.05, 0) is 23.8 Å². The number of aryl methyl sites for hydroxylation is 1. The van der Waals surface area contributed by atoms with E-state index in [1.165, 1.54) is 0 Å². The lowest BCUT2D eigenvalue weighted by Gasteiger charge is -2.08. The van der Waals surface area contributed by atoms with Crippen LogP contribution in [0.1, 0.15) is 17.0 Å². The molecule has 5 heteroatoms. The van der Waals surface area contributed by atoms with Crippen LogP contribution < -0.4 is 0 Å². The van der Waals surface area contributed by atoms with Crippen LogP contribution in [0.2, 0.25) is 0 Å². The van der Waals surface area contributed by atoms with Crippen LogP contribution in [0.5, 0.6) is 0 Å². The highest BCUT2D eigenvalue weighted by molar-refractivity contribution is 6.17. The highest BCUT2D eigenvalue weighted by atomic mass is 35.5. The lowest BCUT2D eigenvalue weighted by Crippen LogP contribution is -2.06. The van der Waals surface area contributed by atoms with Crippen LogP contribution in [0.15, 0.2) is 42.7 Å². The molecule has 0 aliphatic heterocycles. The van der Waals surface area contributed by atoms with Crippen LogP contribution in [0, 0.1) is 11.3 Å². The van der Waals surface area contributed by atoms with Crippen molar-refractivity contribution in [3.63, 3.8) is 0 Å². The fourth-order valence-electron chi connectivity index (χ4n) is 2.41. The second kappa shape index (κ2) is 5.94. The van der Waals surface area contributed by atoms with Crippen LogP contribution in [0.3, 0.4) is 0 Å². The molecule has 0 bridgehead atoms. The Bertz CT molecular complexity index is 802. The number of para-hydroxylation sites is 1. The van der Waals surface area contributed by atoms with Crippen molar-refractivity contribution < 1.29 is 0 Å². The monoisotopic (exact) mass is 296 g/mol. The Morgan fingerprint density at radius 3 is 2.86 bits per heavy atom. The van der Waals surface area contributed by atoms with Gasteiger partial charge in [0.05, 0.1) is 17.6 Å². The molecule has 0 fully saturated rings. The van der Waals surface area contributed by atoms with Gasteiger partial charge in [0, 0.05) is 24.7 Å². The molecular weight excluding hydrogens is 284 g/mol. The minimum atomic E-state index is 0.498. The number of rotatable bonds is 4. The number of nitriles is 1. The number of aromatic nitrogens is 3. The molecule has 0 aliphatic carbocycles. The normalized spacial score (nSPS) is 10.7. The average Bonchev–Trinajstić information content (AvgIpc) is 2.87. The van der Waals surface area contributed by atoms with Gasteiger partial charge < -0.3 is 4.57 Å². The van der Waals surface area contributed by atoms with E-state index in [2.05, 4.69) is 20.6 Å². The fraction of sp³-hybridized carbons (Fsp3) is 0.188. The molecule has 1 aromatic carbocycles. The standard InChI is InChI=1S/C16H13ClN4/c17-7-6-15-20-16-13(9-18)4-1-5-14(16)21(15)11-12-3-2-8-19-10-12/h1-5,8,10H,6-7,11H2. The van der Waals surface area contributed by atoms with Crippen molar-refractivity contribution in [3.05, 3.63) is 59.7 Å². The average molecular weight is 297 g/mol. The number of imidazole rings is 1. The summed E-state index contributed by atoms with van der Waals surface area (Å²) in [4.78, 5) is 8.75. The number of halogens is 1. The molecule has 0 saturated heterocycles. The Hall–Kier alpha value is -2.38. The summed E-state index contributed by atoms with van der Waals surface area (Å²) in [5.74, 6) is 1.39. The largest absolute Gasteiger partial charge is 0.323 e. The van der Waals surface area contributed by atoms with E-state index in [0.717, 1.165) is 22.4 Å². The Kier molecular flexibility index (Phi) is 3.85. The van der Waals surface area contributed by atoms with E-state index in [1.807, 2.05) is 30.5 Å². The van der Waals surface area contributed by atoms with Crippen molar-refractivity contribution in [2.24, 2.45) is 0 Å². The van der Waals surface area contributed by atoms with E-state index in [9.17, 15) is 5.26 Å². The van der Waals surface area contributed by atoms with Crippen LogP contribution in [0.25, 0.3) is 11.0 Å². The summed E-state index contributed by atoms with van der Waals surface area (Å²) in [6, 6.07) is 11.8. The van der Waals surface area contributed by atoms with Crippen molar-refractivity contribution in [3.8, 4) is 6.07 Å². The van der Waals surface area contributed by atoms with Crippen molar-refractivity contribution in [1.82, 2.24) is 14.5 Å². The zero-order valence-corrected chi connectivity index (χ0v) is 12.1. The summed E-state index contributed by atoms with van der Waals surface area (Å²) >= 11 is 5.88. The Morgan fingerprint density at radius 2 is 2.14 bits per heavy atom. The molecule has 4 nitrogen and oxygen atoms in total. The number of benzene rings is 1. The van der Waals surface area contributed by atoms with E-state index in [-0.39, 0.29) is 0 Å². The summed E-state index contributed by atoms with van der Waals surface area (Å²) in [6.45, 7) is 0.672. The molecule has 2 heterocycles. The van der Waals surface area contributed by atoms with Gasteiger partial charge in [-0.2, -0.15) is 5.26 Å². The Morgan fingerprint density at radius 1 is 1.24 bits per heavy atom. The lowest BCUT2D eigenvalue weighted by atomic mass is 10.2. The molecule has 0 amide bonds. The minimum Gasteiger partial charge on any atom is -0.323 e. The topological polar surface area (TPSA) is 54.5 Å². The number of hydrogen-bond acceptors (Lipinski definition) is 3.